The molecule has 2 nitrogen and oxygen atoms in total. The van der Waals surface area contributed by atoms with Crippen LogP contribution in [0.5, 0.6) is 0 Å². The molecule has 1 aromatic carbocycles. The second-order valence-electron chi connectivity index (χ2n) is 3.09. The summed E-state index contributed by atoms with van der Waals surface area (Å²) in [6.07, 6.45) is 0. The van der Waals surface area contributed by atoms with Crippen molar-refractivity contribution < 1.29 is 9.84 Å². The molecule has 1 N–H and O–H groups in total. The highest BCUT2D eigenvalue weighted by molar-refractivity contribution is 5.30. The van der Waals surface area contributed by atoms with E-state index in [0.717, 1.165) is 18.8 Å². The minimum Gasteiger partial charge on any atom is -0.392 e. The summed E-state index contributed by atoms with van der Waals surface area (Å²) in [5.41, 5.74) is 2.28. The molecule has 1 saturated heterocycles. The van der Waals surface area contributed by atoms with Gasteiger partial charge in [0.05, 0.1) is 19.8 Å². The Morgan fingerprint density at radius 2 is 2.08 bits per heavy atom. The first-order valence-corrected chi connectivity index (χ1v) is 4.18. The molecule has 64 valence electrons. The molecule has 0 amide bonds. The second-order valence-corrected chi connectivity index (χ2v) is 3.09. The van der Waals surface area contributed by atoms with Gasteiger partial charge >= 0.3 is 0 Å². The van der Waals surface area contributed by atoms with Crippen molar-refractivity contribution in [1.82, 2.24) is 0 Å². The van der Waals surface area contributed by atoms with Gasteiger partial charge in [-0.25, -0.2) is 0 Å². The quantitative estimate of drug-likeness (QED) is 0.713. The van der Waals surface area contributed by atoms with Crippen molar-refractivity contribution in [2.45, 2.75) is 12.5 Å². The molecule has 0 saturated carbocycles. The molecule has 0 radical (unpaired) electrons. The van der Waals surface area contributed by atoms with E-state index in [0.29, 0.717) is 5.92 Å². The lowest BCUT2D eigenvalue weighted by atomic mass is 9.93. The normalized spacial score (nSPS) is 17.4. The Hall–Kier alpha value is -0.860. The van der Waals surface area contributed by atoms with Crippen LogP contribution in [0.15, 0.2) is 24.3 Å². The van der Waals surface area contributed by atoms with Gasteiger partial charge in [0.1, 0.15) is 0 Å². The molecular weight excluding hydrogens is 152 g/mol. The van der Waals surface area contributed by atoms with Crippen LogP contribution in [0.4, 0.5) is 0 Å². The fourth-order valence-electron chi connectivity index (χ4n) is 1.49. The summed E-state index contributed by atoms with van der Waals surface area (Å²) in [5.74, 6) is 0.508. The van der Waals surface area contributed by atoms with Gasteiger partial charge in [0.15, 0.2) is 0 Å². The third-order valence-corrected chi connectivity index (χ3v) is 2.30. The second kappa shape index (κ2) is 3.25. The Kier molecular flexibility index (Phi) is 2.11. The van der Waals surface area contributed by atoms with Gasteiger partial charge < -0.3 is 9.84 Å². The van der Waals surface area contributed by atoms with Crippen molar-refractivity contribution in [3.63, 3.8) is 0 Å². The Morgan fingerprint density at radius 1 is 1.33 bits per heavy atom. The molecule has 1 aliphatic heterocycles. The summed E-state index contributed by atoms with van der Waals surface area (Å²) >= 11 is 0. The van der Waals surface area contributed by atoms with Crippen LogP contribution in [0, 0.1) is 0 Å². The molecule has 0 unspecified atom stereocenters. The fourth-order valence-corrected chi connectivity index (χ4v) is 1.49. The van der Waals surface area contributed by atoms with Gasteiger partial charge in [-0.15, -0.1) is 0 Å². The molecule has 0 aliphatic carbocycles. The molecule has 0 bridgehead atoms. The largest absolute Gasteiger partial charge is 0.392 e. The highest BCUT2D eigenvalue weighted by Gasteiger charge is 2.22. The predicted molar refractivity (Wildman–Crippen MR) is 45.9 cm³/mol. The van der Waals surface area contributed by atoms with Gasteiger partial charge in [-0.05, 0) is 11.1 Å². The zero-order valence-electron chi connectivity index (χ0n) is 6.86. The molecule has 0 aromatic heterocycles. The molecule has 0 spiro atoms. The molecule has 2 heteroatoms. The summed E-state index contributed by atoms with van der Waals surface area (Å²) < 4.78 is 5.11. The van der Waals surface area contributed by atoms with Gasteiger partial charge in [0.25, 0.3) is 0 Å². The maximum atomic E-state index is 9.05. The van der Waals surface area contributed by atoms with Gasteiger partial charge in [0.2, 0.25) is 0 Å². The topological polar surface area (TPSA) is 29.5 Å². The Bertz CT molecular complexity index is 266. The van der Waals surface area contributed by atoms with E-state index in [1.165, 1.54) is 5.56 Å². The summed E-state index contributed by atoms with van der Waals surface area (Å²) in [6.45, 7) is 1.74. The highest BCUT2D eigenvalue weighted by atomic mass is 16.5. The van der Waals surface area contributed by atoms with Crippen LogP contribution in [-0.4, -0.2) is 18.3 Å². The maximum Gasteiger partial charge on any atom is 0.0684 e. The van der Waals surface area contributed by atoms with E-state index in [9.17, 15) is 0 Å². The lowest BCUT2D eigenvalue weighted by Gasteiger charge is -2.27. The molecule has 1 heterocycles. The van der Waals surface area contributed by atoms with Crippen molar-refractivity contribution >= 4 is 0 Å². The lowest BCUT2D eigenvalue weighted by Crippen LogP contribution is -2.26. The smallest absolute Gasteiger partial charge is 0.0684 e. The average molecular weight is 164 g/mol. The SMILES string of the molecule is OCc1ccccc1C1COC1. The first kappa shape index (κ1) is 7.77. The first-order valence-electron chi connectivity index (χ1n) is 4.18. The third-order valence-electron chi connectivity index (χ3n) is 2.30. The summed E-state index contributed by atoms with van der Waals surface area (Å²) in [7, 11) is 0. The molecular formula is C10H12O2. The van der Waals surface area contributed by atoms with E-state index >= 15 is 0 Å². The first-order chi connectivity index (χ1) is 5.92. The van der Waals surface area contributed by atoms with Crippen LogP contribution in [0.25, 0.3) is 0 Å². The third kappa shape index (κ3) is 1.24. The van der Waals surface area contributed by atoms with Crippen LogP contribution < -0.4 is 0 Å². The van der Waals surface area contributed by atoms with E-state index in [4.69, 9.17) is 9.84 Å². The molecule has 12 heavy (non-hydrogen) atoms. The van der Waals surface area contributed by atoms with Crippen LogP contribution >= 0.6 is 0 Å². The van der Waals surface area contributed by atoms with Crippen LogP contribution in [-0.2, 0) is 11.3 Å². The number of hydrogen-bond donors (Lipinski definition) is 1. The standard InChI is InChI=1S/C10H12O2/c11-5-8-3-1-2-4-10(8)9-6-12-7-9/h1-4,9,11H,5-7H2. The van der Waals surface area contributed by atoms with E-state index < -0.39 is 0 Å². The van der Waals surface area contributed by atoms with E-state index in [-0.39, 0.29) is 6.61 Å². The number of aliphatic hydroxyl groups is 1. The Labute approximate surface area is 71.8 Å². The number of benzene rings is 1. The Balaban J connectivity index is 2.27. The van der Waals surface area contributed by atoms with Gasteiger partial charge in [-0.1, -0.05) is 24.3 Å². The summed E-state index contributed by atoms with van der Waals surface area (Å²) in [5, 5.41) is 9.05. The molecule has 2 rings (SSSR count). The van der Waals surface area contributed by atoms with Crippen LogP contribution in [0.2, 0.25) is 0 Å². The number of ether oxygens (including phenoxy) is 1. The highest BCUT2D eigenvalue weighted by Crippen LogP contribution is 2.26. The van der Waals surface area contributed by atoms with Gasteiger partial charge in [0, 0.05) is 5.92 Å². The molecule has 0 atom stereocenters. The van der Waals surface area contributed by atoms with Crippen molar-refractivity contribution in [2.24, 2.45) is 0 Å². The van der Waals surface area contributed by atoms with Crippen molar-refractivity contribution in [3.05, 3.63) is 35.4 Å². The van der Waals surface area contributed by atoms with Crippen LogP contribution in [0.3, 0.4) is 0 Å². The zero-order valence-corrected chi connectivity index (χ0v) is 6.86. The molecule has 1 aliphatic rings. The predicted octanol–water partition coefficient (Wildman–Crippen LogP) is 1.29. The zero-order chi connectivity index (χ0) is 8.39. The van der Waals surface area contributed by atoms with Crippen molar-refractivity contribution in [1.29, 1.82) is 0 Å². The van der Waals surface area contributed by atoms with Gasteiger partial charge in [-0.3, -0.25) is 0 Å². The maximum absolute atomic E-state index is 9.05. The van der Waals surface area contributed by atoms with Crippen LogP contribution in [0.1, 0.15) is 17.0 Å². The molecule has 1 aromatic rings. The monoisotopic (exact) mass is 164 g/mol. The summed E-state index contributed by atoms with van der Waals surface area (Å²) in [4.78, 5) is 0. The number of rotatable bonds is 2. The fraction of sp³-hybridized carbons (Fsp3) is 0.400. The Morgan fingerprint density at radius 3 is 2.67 bits per heavy atom. The van der Waals surface area contributed by atoms with Crippen molar-refractivity contribution in [2.75, 3.05) is 13.2 Å². The van der Waals surface area contributed by atoms with E-state index in [2.05, 4.69) is 6.07 Å². The molecule has 1 fully saturated rings. The van der Waals surface area contributed by atoms with Gasteiger partial charge in [-0.2, -0.15) is 0 Å². The minimum absolute atomic E-state index is 0.132. The van der Waals surface area contributed by atoms with Crippen molar-refractivity contribution in [3.8, 4) is 0 Å². The van der Waals surface area contributed by atoms with E-state index in [1.807, 2.05) is 18.2 Å². The number of hydrogen-bond acceptors (Lipinski definition) is 2. The summed E-state index contributed by atoms with van der Waals surface area (Å²) in [6, 6.07) is 7.99. The minimum atomic E-state index is 0.132. The number of aliphatic hydroxyl groups excluding tert-OH is 1. The average Bonchev–Trinajstić information content (AvgIpc) is 2.02. The lowest BCUT2D eigenvalue weighted by molar-refractivity contribution is 0.00769. The van der Waals surface area contributed by atoms with E-state index in [1.54, 1.807) is 0 Å².